The molecule has 124 valence electrons. The van der Waals surface area contributed by atoms with Crippen LogP contribution in [-0.4, -0.2) is 23.3 Å². The van der Waals surface area contributed by atoms with Crippen molar-refractivity contribution in [1.29, 1.82) is 0 Å². The number of ether oxygens (including phenoxy) is 1. The minimum absolute atomic E-state index is 0.157. The van der Waals surface area contributed by atoms with Gasteiger partial charge in [0.05, 0.1) is 5.41 Å². The van der Waals surface area contributed by atoms with Crippen LogP contribution in [0.5, 0.6) is 0 Å². The van der Waals surface area contributed by atoms with Crippen LogP contribution in [0.4, 0.5) is 0 Å². The molecule has 0 spiro atoms. The maximum absolute atomic E-state index is 12.2. The van der Waals surface area contributed by atoms with Crippen LogP contribution in [0, 0.1) is 40.9 Å². The third kappa shape index (κ3) is 1.93. The van der Waals surface area contributed by atoms with Gasteiger partial charge in [0.15, 0.2) is 0 Å². The van der Waals surface area contributed by atoms with Gasteiger partial charge in [-0.15, -0.1) is 0 Å². The van der Waals surface area contributed by atoms with Gasteiger partial charge in [-0.05, 0) is 87.9 Å². The van der Waals surface area contributed by atoms with Gasteiger partial charge >= 0.3 is 5.97 Å². The first kappa shape index (κ1) is 15.0. The lowest BCUT2D eigenvalue weighted by molar-refractivity contribution is -0.168. The highest BCUT2D eigenvalue weighted by atomic mass is 16.5. The highest BCUT2D eigenvalue weighted by molar-refractivity contribution is 5.75. The molecule has 4 rings (SSSR count). The summed E-state index contributed by atoms with van der Waals surface area (Å²) in [6, 6.07) is 0. The monoisotopic (exact) mass is 306 g/mol. The second-order valence-electron chi connectivity index (χ2n) is 9.21. The number of aliphatic hydroxyl groups is 1. The molecular weight excluding hydrogens is 276 g/mol. The highest BCUT2D eigenvalue weighted by Gasteiger charge is 2.66. The quantitative estimate of drug-likeness (QED) is 0.639. The first-order valence-corrected chi connectivity index (χ1v) is 9.25. The number of fused-ring (bicyclic) bond motifs is 9. The maximum Gasteiger partial charge on any atom is 0.311 e. The lowest BCUT2D eigenvalue weighted by Gasteiger charge is -2.43. The van der Waals surface area contributed by atoms with E-state index in [-0.39, 0.29) is 12.6 Å². The summed E-state index contributed by atoms with van der Waals surface area (Å²) in [5, 5.41) is 11.2. The van der Waals surface area contributed by atoms with Crippen LogP contribution >= 0.6 is 0 Å². The number of esters is 1. The normalized spacial score (nSPS) is 48.7. The zero-order valence-electron chi connectivity index (χ0n) is 14.2. The van der Waals surface area contributed by atoms with Gasteiger partial charge in [-0.2, -0.15) is 0 Å². The number of carbonyl (C=O) groups is 1. The minimum Gasteiger partial charge on any atom is -0.462 e. The molecule has 0 aromatic carbocycles. The molecular formula is C19H30O3. The summed E-state index contributed by atoms with van der Waals surface area (Å²) >= 11 is 0. The van der Waals surface area contributed by atoms with E-state index in [0.29, 0.717) is 11.8 Å². The van der Waals surface area contributed by atoms with Gasteiger partial charge in [0.1, 0.15) is 12.2 Å². The molecule has 7 atom stereocenters. The number of carbonyl (C=O) groups excluding carboxylic acids is 1. The average Bonchev–Trinajstić information content (AvgIpc) is 3.22. The first-order valence-electron chi connectivity index (χ1n) is 9.25. The number of hydrogen-bond donors (Lipinski definition) is 1. The maximum atomic E-state index is 12.2. The Labute approximate surface area is 133 Å². The fourth-order valence-corrected chi connectivity index (χ4v) is 6.42. The molecule has 0 saturated heterocycles. The van der Waals surface area contributed by atoms with Crippen molar-refractivity contribution in [2.24, 2.45) is 40.9 Å². The van der Waals surface area contributed by atoms with Gasteiger partial charge in [0.2, 0.25) is 0 Å². The Kier molecular flexibility index (Phi) is 3.21. The molecule has 0 aliphatic heterocycles. The molecule has 0 aromatic heterocycles. The van der Waals surface area contributed by atoms with E-state index < -0.39 is 11.0 Å². The van der Waals surface area contributed by atoms with Crippen molar-refractivity contribution in [1.82, 2.24) is 0 Å². The Morgan fingerprint density at radius 3 is 2.55 bits per heavy atom. The Hall–Kier alpha value is -0.570. The van der Waals surface area contributed by atoms with Crippen LogP contribution in [0.2, 0.25) is 0 Å². The van der Waals surface area contributed by atoms with E-state index in [1.165, 1.54) is 25.7 Å². The predicted octanol–water partition coefficient (Wildman–Crippen LogP) is 3.40. The molecule has 0 aromatic rings. The molecule has 0 radical (unpaired) electrons. The summed E-state index contributed by atoms with van der Waals surface area (Å²) in [5.74, 6) is 4.31. The molecule has 3 heteroatoms. The van der Waals surface area contributed by atoms with Crippen molar-refractivity contribution in [3.63, 3.8) is 0 Å². The fraction of sp³-hybridized carbons (Fsp3) is 0.947. The van der Waals surface area contributed by atoms with Gasteiger partial charge < -0.3 is 9.84 Å². The SMILES string of the molecule is CCC(C)(C)C(=O)OCC1(O)CC2CC1C1C3CCC(C3)C21. The van der Waals surface area contributed by atoms with Gasteiger partial charge in [0.25, 0.3) is 0 Å². The molecule has 1 N–H and O–H groups in total. The van der Waals surface area contributed by atoms with E-state index >= 15 is 0 Å². The number of rotatable bonds is 4. The van der Waals surface area contributed by atoms with Gasteiger partial charge in [-0.1, -0.05) is 6.92 Å². The van der Waals surface area contributed by atoms with E-state index in [1.54, 1.807) is 0 Å². The van der Waals surface area contributed by atoms with Crippen molar-refractivity contribution in [2.45, 2.75) is 64.9 Å². The molecule has 4 aliphatic carbocycles. The first-order chi connectivity index (χ1) is 10.4. The molecule has 4 aliphatic rings. The third-order valence-electron chi connectivity index (χ3n) is 7.81. The second kappa shape index (κ2) is 4.72. The lowest BCUT2D eigenvalue weighted by atomic mass is 9.66. The molecule has 22 heavy (non-hydrogen) atoms. The van der Waals surface area contributed by atoms with Crippen molar-refractivity contribution in [3.8, 4) is 0 Å². The van der Waals surface area contributed by atoms with Crippen LogP contribution in [0.15, 0.2) is 0 Å². The molecule has 4 bridgehead atoms. The van der Waals surface area contributed by atoms with E-state index in [0.717, 1.165) is 36.5 Å². The van der Waals surface area contributed by atoms with Crippen molar-refractivity contribution < 1.29 is 14.6 Å². The largest absolute Gasteiger partial charge is 0.462 e. The summed E-state index contributed by atoms with van der Waals surface area (Å²) in [5.41, 5.74) is -1.18. The Bertz CT molecular complexity index is 485. The molecule has 0 heterocycles. The van der Waals surface area contributed by atoms with Crippen LogP contribution < -0.4 is 0 Å². The predicted molar refractivity (Wildman–Crippen MR) is 84.0 cm³/mol. The van der Waals surface area contributed by atoms with Gasteiger partial charge in [-0.25, -0.2) is 0 Å². The van der Waals surface area contributed by atoms with E-state index in [2.05, 4.69) is 0 Å². The average molecular weight is 306 g/mol. The molecule has 7 unspecified atom stereocenters. The Morgan fingerprint density at radius 2 is 1.86 bits per heavy atom. The van der Waals surface area contributed by atoms with Crippen molar-refractivity contribution >= 4 is 5.97 Å². The van der Waals surface area contributed by atoms with E-state index in [9.17, 15) is 9.90 Å². The standard InChI is InChI=1S/C19H30O3/c1-4-18(2,3)17(20)22-10-19(21)9-13-8-14(19)16-12-6-5-11(7-12)15(13)16/h11-16,21H,4-10H2,1-3H3. The van der Waals surface area contributed by atoms with Gasteiger partial charge in [0, 0.05) is 0 Å². The zero-order chi connectivity index (χ0) is 15.7. The Balaban J connectivity index is 1.45. The van der Waals surface area contributed by atoms with E-state index in [1.807, 2.05) is 20.8 Å². The summed E-state index contributed by atoms with van der Waals surface area (Å²) < 4.78 is 5.58. The minimum atomic E-state index is -0.740. The molecule has 3 nitrogen and oxygen atoms in total. The van der Waals surface area contributed by atoms with Crippen LogP contribution in [0.3, 0.4) is 0 Å². The molecule has 0 amide bonds. The van der Waals surface area contributed by atoms with Crippen LogP contribution in [0.1, 0.15) is 59.3 Å². The Morgan fingerprint density at radius 1 is 1.18 bits per heavy atom. The fourth-order valence-electron chi connectivity index (χ4n) is 6.42. The summed E-state index contributed by atoms with van der Waals surface area (Å²) in [6.45, 7) is 6.07. The summed E-state index contributed by atoms with van der Waals surface area (Å²) in [4.78, 5) is 12.2. The van der Waals surface area contributed by atoms with Crippen LogP contribution in [0.25, 0.3) is 0 Å². The third-order valence-corrected chi connectivity index (χ3v) is 7.81. The second-order valence-corrected chi connectivity index (χ2v) is 9.21. The lowest BCUT2D eigenvalue weighted by Crippen LogP contribution is -2.48. The molecule has 4 fully saturated rings. The van der Waals surface area contributed by atoms with Crippen molar-refractivity contribution in [3.05, 3.63) is 0 Å². The topological polar surface area (TPSA) is 46.5 Å². The van der Waals surface area contributed by atoms with Crippen molar-refractivity contribution in [2.75, 3.05) is 6.61 Å². The summed E-state index contributed by atoms with van der Waals surface area (Å²) in [6.07, 6.45) is 7.00. The number of hydrogen-bond acceptors (Lipinski definition) is 3. The van der Waals surface area contributed by atoms with Gasteiger partial charge in [-0.3, -0.25) is 4.79 Å². The summed E-state index contributed by atoms with van der Waals surface area (Å²) in [7, 11) is 0. The zero-order valence-corrected chi connectivity index (χ0v) is 14.2. The molecule has 4 saturated carbocycles. The smallest absolute Gasteiger partial charge is 0.311 e. The van der Waals surface area contributed by atoms with E-state index in [4.69, 9.17) is 4.74 Å². The highest BCUT2D eigenvalue weighted by Crippen LogP contribution is 2.69. The van der Waals surface area contributed by atoms with Crippen LogP contribution in [-0.2, 0) is 9.53 Å².